The molecular formula is C20H28N4O. The molecule has 1 aromatic carbocycles. The van der Waals surface area contributed by atoms with Crippen LogP contribution in [0.25, 0.3) is 0 Å². The molecule has 3 rings (SSSR count). The molecule has 2 N–H and O–H groups in total. The van der Waals surface area contributed by atoms with Gasteiger partial charge in [0.05, 0.1) is 11.7 Å². The van der Waals surface area contributed by atoms with Gasteiger partial charge in [0.2, 0.25) is 5.91 Å². The molecule has 1 aliphatic rings. The molecule has 0 unspecified atom stereocenters. The van der Waals surface area contributed by atoms with Gasteiger partial charge >= 0.3 is 0 Å². The minimum Gasteiger partial charge on any atom is -0.378 e. The van der Waals surface area contributed by atoms with Crippen LogP contribution in [0.4, 0.5) is 5.69 Å². The van der Waals surface area contributed by atoms with Gasteiger partial charge < -0.3 is 10.6 Å². The Balaban J connectivity index is 1.54. The molecule has 5 nitrogen and oxygen atoms in total. The molecule has 0 saturated heterocycles. The number of carbonyl (C=O) groups is 1. The number of para-hydroxylation sites is 1. The zero-order valence-electron chi connectivity index (χ0n) is 15.2. The third-order valence-corrected chi connectivity index (χ3v) is 5.13. The van der Waals surface area contributed by atoms with Crippen LogP contribution in [0.15, 0.2) is 36.7 Å². The van der Waals surface area contributed by atoms with E-state index in [1.807, 2.05) is 19.4 Å². The first-order chi connectivity index (χ1) is 12.1. The summed E-state index contributed by atoms with van der Waals surface area (Å²) in [5, 5.41) is 11.0. The van der Waals surface area contributed by atoms with E-state index in [4.69, 9.17) is 0 Å². The van der Waals surface area contributed by atoms with E-state index in [0.717, 1.165) is 24.8 Å². The average Bonchev–Trinajstić information content (AvgIpc) is 3.23. The number of rotatable bonds is 7. The summed E-state index contributed by atoms with van der Waals surface area (Å²) in [6, 6.07) is 8.36. The molecule has 5 heteroatoms. The summed E-state index contributed by atoms with van der Waals surface area (Å²) in [4.78, 5) is 12.3. The van der Waals surface area contributed by atoms with Crippen LogP contribution in [0.5, 0.6) is 0 Å². The van der Waals surface area contributed by atoms with Gasteiger partial charge in [0.15, 0.2) is 0 Å². The van der Waals surface area contributed by atoms with Crippen LogP contribution < -0.4 is 10.6 Å². The molecule has 0 spiro atoms. The zero-order valence-corrected chi connectivity index (χ0v) is 15.2. The summed E-state index contributed by atoms with van der Waals surface area (Å²) in [6.07, 6.45) is 9.66. The van der Waals surface area contributed by atoms with Gasteiger partial charge in [-0.05, 0) is 43.4 Å². The fourth-order valence-corrected chi connectivity index (χ4v) is 3.61. The molecule has 1 amide bonds. The summed E-state index contributed by atoms with van der Waals surface area (Å²) in [5.41, 5.74) is 3.51. The third kappa shape index (κ3) is 4.62. The summed E-state index contributed by atoms with van der Waals surface area (Å²) >= 11 is 0. The van der Waals surface area contributed by atoms with E-state index in [-0.39, 0.29) is 11.4 Å². The van der Waals surface area contributed by atoms with Crippen LogP contribution in [0.3, 0.4) is 0 Å². The van der Waals surface area contributed by atoms with Crippen LogP contribution in [-0.2, 0) is 18.3 Å². The fourth-order valence-electron chi connectivity index (χ4n) is 3.61. The Hall–Kier alpha value is -2.30. The highest BCUT2D eigenvalue weighted by atomic mass is 16.1. The highest BCUT2D eigenvalue weighted by molar-refractivity contribution is 5.76. The zero-order chi connectivity index (χ0) is 17.7. The summed E-state index contributed by atoms with van der Waals surface area (Å²) in [6.45, 7) is 2.81. The number of nitrogens with zero attached hydrogens (tertiary/aromatic N) is 2. The van der Waals surface area contributed by atoms with Crippen molar-refractivity contribution in [2.75, 3.05) is 11.9 Å². The molecule has 1 heterocycles. The number of anilines is 1. The smallest absolute Gasteiger partial charge is 0.220 e. The maximum Gasteiger partial charge on any atom is 0.220 e. The summed E-state index contributed by atoms with van der Waals surface area (Å²) < 4.78 is 1.77. The molecule has 1 fully saturated rings. The van der Waals surface area contributed by atoms with E-state index < -0.39 is 0 Å². The molecule has 0 bridgehead atoms. The lowest BCUT2D eigenvalue weighted by Crippen LogP contribution is -2.47. The Kier molecular flexibility index (Phi) is 5.41. The SMILES string of the molecule is Cc1ccccc1NC1(CNC(=O)CCc2cnn(C)c2)CCCC1. The summed E-state index contributed by atoms with van der Waals surface area (Å²) in [5.74, 6) is 0.113. The number of benzene rings is 1. The van der Waals surface area contributed by atoms with Gasteiger partial charge in [-0.1, -0.05) is 31.0 Å². The number of nitrogens with one attached hydrogen (secondary N) is 2. The van der Waals surface area contributed by atoms with Gasteiger partial charge in [-0.3, -0.25) is 9.48 Å². The van der Waals surface area contributed by atoms with Crippen molar-refractivity contribution in [3.05, 3.63) is 47.8 Å². The lowest BCUT2D eigenvalue weighted by Gasteiger charge is -2.32. The van der Waals surface area contributed by atoms with E-state index in [1.165, 1.54) is 24.1 Å². The first-order valence-corrected chi connectivity index (χ1v) is 9.14. The molecule has 1 aromatic heterocycles. The highest BCUT2D eigenvalue weighted by Crippen LogP contribution is 2.33. The first kappa shape index (κ1) is 17.5. The van der Waals surface area contributed by atoms with Crippen LogP contribution in [-0.4, -0.2) is 27.8 Å². The van der Waals surface area contributed by atoms with E-state index in [0.29, 0.717) is 13.0 Å². The van der Waals surface area contributed by atoms with Crippen LogP contribution in [0.1, 0.15) is 43.2 Å². The average molecular weight is 340 g/mol. The van der Waals surface area contributed by atoms with Crippen molar-refractivity contribution in [2.24, 2.45) is 7.05 Å². The van der Waals surface area contributed by atoms with Crippen LogP contribution >= 0.6 is 0 Å². The molecule has 1 aliphatic carbocycles. The number of carbonyl (C=O) groups excluding carboxylic acids is 1. The largest absolute Gasteiger partial charge is 0.378 e. The maximum atomic E-state index is 12.3. The third-order valence-electron chi connectivity index (χ3n) is 5.13. The van der Waals surface area contributed by atoms with Crippen LogP contribution in [0, 0.1) is 6.92 Å². The monoisotopic (exact) mass is 340 g/mol. The van der Waals surface area contributed by atoms with Crippen LogP contribution in [0.2, 0.25) is 0 Å². The van der Waals surface area contributed by atoms with Crippen molar-refractivity contribution in [3.8, 4) is 0 Å². The van der Waals surface area contributed by atoms with E-state index in [9.17, 15) is 4.79 Å². The standard InChI is InChI=1S/C20H28N4O/c1-16-7-3-4-8-18(16)23-20(11-5-6-12-20)15-21-19(25)10-9-17-13-22-24(2)14-17/h3-4,7-8,13-14,23H,5-6,9-12,15H2,1-2H3,(H,21,25). The predicted molar refractivity (Wildman–Crippen MR) is 101 cm³/mol. The molecular weight excluding hydrogens is 312 g/mol. The second kappa shape index (κ2) is 7.72. The first-order valence-electron chi connectivity index (χ1n) is 9.14. The minimum absolute atomic E-state index is 0.0178. The van der Waals surface area contributed by atoms with Crippen molar-refractivity contribution in [1.82, 2.24) is 15.1 Å². The number of hydrogen-bond acceptors (Lipinski definition) is 3. The lowest BCUT2D eigenvalue weighted by atomic mass is 9.96. The second-order valence-corrected chi connectivity index (χ2v) is 7.23. The molecule has 2 aromatic rings. The number of aryl methyl sites for hydroxylation is 3. The molecule has 134 valence electrons. The lowest BCUT2D eigenvalue weighted by molar-refractivity contribution is -0.121. The Morgan fingerprint density at radius 2 is 2.04 bits per heavy atom. The van der Waals surface area contributed by atoms with Crippen molar-refractivity contribution >= 4 is 11.6 Å². The van der Waals surface area contributed by atoms with Crippen molar-refractivity contribution in [2.45, 2.75) is 51.0 Å². The Labute approximate surface area is 149 Å². The second-order valence-electron chi connectivity index (χ2n) is 7.23. The van der Waals surface area contributed by atoms with Crippen molar-refractivity contribution in [3.63, 3.8) is 0 Å². The van der Waals surface area contributed by atoms with Gasteiger partial charge in [-0.15, -0.1) is 0 Å². The van der Waals surface area contributed by atoms with E-state index in [2.05, 4.69) is 46.9 Å². The molecule has 0 aliphatic heterocycles. The van der Waals surface area contributed by atoms with E-state index >= 15 is 0 Å². The van der Waals surface area contributed by atoms with Crippen molar-refractivity contribution in [1.29, 1.82) is 0 Å². The Morgan fingerprint density at radius 1 is 1.28 bits per heavy atom. The number of amides is 1. The maximum absolute atomic E-state index is 12.3. The van der Waals surface area contributed by atoms with Gasteiger partial charge in [0.25, 0.3) is 0 Å². The topological polar surface area (TPSA) is 58.9 Å². The van der Waals surface area contributed by atoms with Gasteiger partial charge in [0, 0.05) is 31.9 Å². The van der Waals surface area contributed by atoms with Crippen molar-refractivity contribution < 1.29 is 4.79 Å². The molecule has 0 radical (unpaired) electrons. The fraction of sp³-hybridized carbons (Fsp3) is 0.500. The number of hydrogen-bond donors (Lipinski definition) is 2. The van der Waals surface area contributed by atoms with Gasteiger partial charge in [-0.25, -0.2) is 0 Å². The minimum atomic E-state index is -0.0178. The van der Waals surface area contributed by atoms with E-state index in [1.54, 1.807) is 4.68 Å². The molecule has 0 atom stereocenters. The molecule has 25 heavy (non-hydrogen) atoms. The predicted octanol–water partition coefficient (Wildman–Crippen LogP) is 3.20. The normalized spacial score (nSPS) is 15.9. The van der Waals surface area contributed by atoms with Gasteiger partial charge in [-0.2, -0.15) is 5.10 Å². The van der Waals surface area contributed by atoms with Gasteiger partial charge in [0.1, 0.15) is 0 Å². The Morgan fingerprint density at radius 3 is 2.72 bits per heavy atom. The highest BCUT2D eigenvalue weighted by Gasteiger charge is 2.34. The number of aromatic nitrogens is 2. The molecule has 1 saturated carbocycles. The quantitative estimate of drug-likeness (QED) is 0.814. The summed E-state index contributed by atoms with van der Waals surface area (Å²) in [7, 11) is 1.89. The Bertz CT molecular complexity index is 716.